The van der Waals surface area contributed by atoms with Gasteiger partial charge in [-0.05, 0) is 68.8 Å². The van der Waals surface area contributed by atoms with Gasteiger partial charge < -0.3 is 25.1 Å². The van der Waals surface area contributed by atoms with E-state index in [-0.39, 0.29) is 34.9 Å². The molecule has 0 fully saturated rings. The summed E-state index contributed by atoms with van der Waals surface area (Å²) in [6.07, 6.45) is 0. The maximum Gasteiger partial charge on any atom is 0.339 e. The topological polar surface area (TPSA) is 196 Å². The molecule has 5 N–H and O–H groups in total. The van der Waals surface area contributed by atoms with Crippen LogP contribution in [0.15, 0.2) is 81.6 Å². The predicted octanol–water partition coefficient (Wildman–Crippen LogP) is 3.77. The third kappa shape index (κ3) is 8.97. The Morgan fingerprint density at radius 1 is 0.953 bits per heavy atom. The van der Waals surface area contributed by atoms with Crippen molar-refractivity contribution in [2.45, 2.75) is 37.9 Å². The minimum absolute atomic E-state index is 0.00348. The van der Waals surface area contributed by atoms with Crippen LogP contribution in [0.1, 0.15) is 26.3 Å². The Bertz CT molecular complexity index is 1730. The number of hydrogen-bond acceptors (Lipinski definition) is 12. The number of ether oxygens (including phenoxy) is 2. The molecule has 0 atom stereocenters. The maximum absolute atomic E-state index is 12.7. The van der Waals surface area contributed by atoms with Crippen molar-refractivity contribution in [2.24, 2.45) is 21.5 Å². The minimum atomic E-state index is -4.05. The van der Waals surface area contributed by atoms with Gasteiger partial charge in [0.2, 0.25) is 11.9 Å². The molecule has 43 heavy (non-hydrogen) atoms. The van der Waals surface area contributed by atoms with E-state index in [0.717, 1.165) is 5.56 Å². The standard InChI is InChI=1S/C25H26ClN5O5S.C2H6O3S/c1-25(2)30-23(27)29-24(28)31(25)17-10-13-20(19(26)14-17)35-15-16-8-11-18(12-9-16)37(32,33)36-22-7-5-4-6-21(22)34-3;1-2-6(3,4)5/h4-14H,15H2,1-3H3,(H4,27,28,29,30);2H2,1H3,(H,3,4,5). The molecule has 0 amide bonds. The lowest BCUT2D eigenvalue weighted by atomic mass is 10.1. The summed E-state index contributed by atoms with van der Waals surface area (Å²) < 4.78 is 68.5. The summed E-state index contributed by atoms with van der Waals surface area (Å²) in [5.74, 6) is 0.964. The highest BCUT2D eigenvalue weighted by Crippen LogP contribution is 2.34. The number of nitrogens with zero attached hydrogens (tertiary/aromatic N) is 3. The molecule has 232 valence electrons. The fraction of sp³-hybridized carbons (Fsp3) is 0.259. The van der Waals surface area contributed by atoms with Crippen LogP contribution < -0.4 is 30.0 Å². The van der Waals surface area contributed by atoms with Crippen LogP contribution in [0.25, 0.3) is 0 Å². The zero-order valence-corrected chi connectivity index (χ0v) is 26.1. The smallest absolute Gasteiger partial charge is 0.339 e. The number of halogens is 1. The van der Waals surface area contributed by atoms with Gasteiger partial charge >= 0.3 is 10.1 Å². The van der Waals surface area contributed by atoms with Crippen molar-refractivity contribution in [3.8, 4) is 17.2 Å². The molecule has 4 rings (SSSR count). The van der Waals surface area contributed by atoms with E-state index in [9.17, 15) is 16.8 Å². The molecule has 3 aromatic carbocycles. The number of nitrogens with two attached hydrogens (primary N) is 2. The Labute approximate surface area is 255 Å². The van der Waals surface area contributed by atoms with E-state index >= 15 is 0 Å². The molecule has 0 saturated heterocycles. The molecular weight excluding hydrogens is 622 g/mol. The van der Waals surface area contributed by atoms with E-state index in [1.807, 2.05) is 13.8 Å². The summed E-state index contributed by atoms with van der Waals surface area (Å²) in [4.78, 5) is 10.1. The number of para-hydroxylation sites is 2. The van der Waals surface area contributed by atoms with Crippen LogP contribution in [0.2, 0.25) is 5.02 Å². The van der Waals surface area contributed by atoms with Crippen molar-refractivity contribution in [3.63, 3.8) is 0 Å². The lowest BCUT2D eigenvalue weighted by Crippen LogP contribution is -2.54. The molecule has 0 bridgehead atoms. The lowest BCUT2D eigenvalue weighted by molar-refractivity contribution is 0.306. The van der Waals surface area contributed by atoms with Crippen LogP contribution >= 0.6 is 11.6 Å². The summed E-state index contributed by atoms with van der Waals surface area (Å²) in [6.45, 7) is 5.23. The van der Waals surface area contributed by atoms with Crippen LogP contribution in [-0.2, 0) is 26.8 Å². The van der Waals surface area contributed by atoms with Crippen LogP contribution in [0.4, 0.5) is 5.69 Å². The zero-order valence-electron chi connectivity index (χ0n) is 23.8. The molecule has 0 aromatic heterocycles. The minimum Gasteiger partial charge on any atom is -0.493 e. The summed E-state index contributed by atoms with van der Waals surface area (Å²) >= 11 is 6.47. The van der Waals surface area contributed by atoms with Gasteiger partial charge in [0.05, 0.1) is 17.9 Å². The van der Waals surface area contributed by atoms with Gasteiger partial charge in [0, 0.05) is 5.69 Å². The van der Waals surface area contributed by atoms with Crippen molar-refractivity contribution in [3.05, 3.63) is 77.3 Å². The highest BCUT2D eigenvalue weighted by molar-refractivity contribution is 7.87. The largest absolute Gasteiger partial charge is 0.493 e. The van der Waals surface area contributed by atoms with E-state index in [2.05, 4.69) is 9.98 Å². The average molecular weight is 654 g/mol. The number of hydrogen-bond donors (Lipinski definition) is 3. The van der Waals surface area contributed by atoms with Gasteiger partial charge in [0.25, 0.3) is 10.1 Å². The highest BCUT2D eigenvalue weighted by Gasteiger charge is 2.33. The summed E-state index contributed by atoms with van der Waals surface area (Å²) in [6, 6.07) is 17.9. The SMILES string of the molecule is CCS(=O)(=O)O.COc1ccccc1OS(=O)(=O)c1ccc(COc2ccc(N3C(N)=NC(N)=NC3(C)C)cc2Cl)cc1. The fourth-order valence-electron chi connectivity index (χ4n) is 3.76. The molecule has 13 nitrogen and oxygen atoms in total. The van der Waals surface area contributed by atoms with Crippen molar-refractivity contribution in [1.82, 2.24) is 0 Å². The molecule has 0 unspecified atom stereocenters. The Kier molecular flexibility index (Phi) is 10.5. The molecule has 16 heteroatoms. The summed E-state index contributed by atoms with van der Waals surface area (Å²) in [5.41, 5.74) is 12.5. The number of anilines is 1. The number of aliphatic imine (C=N–C) groups is 2. The first kappa shape index (κ1) is 33.5. The monoisotopic (exact) mass is 653 g/mol. The van der Waals surface area contributed by atoms with Crippen molar-refractivity contribution in [1.29, 1.82) is 0 Å². The molecule has 0 spiro atoms. The van der Waals surface area contributed by atoms with Gasteiger partial charge in [-0.3, -0.25) is 9.45 Å². The van der Waals surface area contributed by atoms with E-state index < -0.39 is 25.9 Å². The maximum atomic E-state index is 12.7. The Balaban J connectivity index is 0.000000765. The molecule has 1 aliphatic heterocycles. The number of guanidine groups is 2. The molecule has 1 aliphatic rings. The van der Waals surface area contributed by atoms with E-state index in [4.69, 9.17) is 41.3 Å². The number of rotatable bonds is 9. The normalized spacial score (nSPS) is 14.5. The van der Waals surface area contributed by atoms with Gasteiger partial charge in [0.1, 0.15) is 22.9 Å². The third-order valence-electron chi connectivity index (χ3n) is 5.81. The first-order valence-corrected chi connectivity index (χ1v) is 16.0. The van der Waals surface area contributed by atoms with Crippen molar-refractivity contribution < 1.29 is 35.0 Å². The van der Waals surface area contributed by atoms with Gasteiger partial charge in [0.15, 0.2) is 11.5 Å². The van der Waals surface area contributed by atoms with E-state index in [1.54, 1.807) is 53.4 Å². The number of methoxy groups -OCH3 is 1. The first-order chi connectivity index (χ1) is 20.1. The molecule has 0 radical (unpaired) electrons. The number of benzene rings is 3. The zero-order chi connectivity index (χ0) is 32.0. The molecule has 0 saturated carbocycles. The van der Waals surface area contributed by atoms with Crippen molar-refractivity contribution in [2.75, 3.05) is 17.8 Å². The summed E-state index contributed by atoms with van der Waals surface area (Å²) in [7, 11) is -6.28. The second-order valence-electron chi connectivity index (χ2n) is 9.38. The second-order valence-corrected chi connectivity index (χ2v) is 13.1. The Morgan fingerprint density at radius 2 is 1.56 bits per heavy atom. The van der Waals surface area contributed by atoms with Crippen LogP contribution in [0, 0.1) is 0 Å². The molecule has 1 heterocycles. The Hall–Kier alpha value is -4.05. The first-order valence-electron chi connectivity index (χ1n) is 12.6. The van der Waals surface area contributed by atoms with E-state index in [1.165, 1.54) is 32.2 Å². The predicted molar refractivity (Wildman–Crippen MR) is 165 cm³/mol. The molecule has 0 aliphatic carbocycles. The van der Waals surface area contributed by atoms with Gasteiger partial charge in [-0.2, -0.15) is 21.8 Å². The van der Waals surface area contributed by atoms with Crippen LogP contribution in [0.3, 0.4) is 0 Å². The van der Waals surface area contributed by atoms with Crippen LogP contribution in [-0.4, -0.2) is 51.8 Å². The van der Waals surface area contributed by atoms with Gasteiger partial charge in [-0.15, -0.1) is 0 Å². The van der Waals surface area contributed by atoms with Gasteiger partial charge in [-0.25, -0.2) is 4.99 Å². The average Bonchev–Trinajstić information content (AvgIpc) is 2.92. The lowest BCUT2D eigenvalue weighted by Gasteiger charge is -2.38. The molecule has 3 aromatic rings. The highest BCUT2D eigenvalue weighted by atomic mass is 35.5. The van der Waals surface area contributed by atoms with Crippen LogP contribution in [0.5, 0.6) is 17.2 Å². The summed E-state index contributed by atoms with van der Waals surface area (Å²) in [5, 5.41) is 0.355. The second kappa shape index (κ2) is 13.5. The third-order valence-corrected chi connectivity index (χ3v) is 8.08. The Morgan fingerprint density at radius 3 is 2.09 bits per heavy atom. The molecular formula is C27H32ClN5O8S2. The van der Waals surface area contributed by atoms with E-state index in [0.29, 0.717) is 22.2 Å². The quantitative estimate of drug-likeness (QED) is 0.224. The van der Waals surface area contributed by atoms with Gasteiger partial charge in [-0.1, -0.05) is 35.9 Å². The van der Waals surface area contributed by atoms with Crippen molar-refractivity contribution >= 4 is 49.4 Å². The fourth-order valence-corrected chi connectivity index (χ4v) is 4.93.